The minimum absolute atomic E-state index is 0.248. The zero-order chi connectivity index (χ0) is 21.8. The molecule has 1 saturated heterocycles. The van der Waals surface area contributed by atoms with E-state index in [-0.39, 0.29) is 12.1 Å². The molecule has 1 aromatic heterocycles. The second-order valence-corrected chi connectivity index (χ2v) is 7.07. The van der Waals surface area contributed by atoms with E-state index >= 15 is 0 Å². The van der Waals surface area contributed by atoms with Gasteiger partial charge in [-0.3, -0.25) is 0 Å². The second-order valence-electron chi connectivity index (χ2n) is 7.07. The van der Waals surface area contributed by atoms with Gasteiger partial charge in [-0.05, 0) is 37.1 Å². The number of urea groups is 1. The van der Waals surface area contributed by atoms with E-state index in [1.54, 1.807) is 44.4 Å². The van der Waals surface area contributed by atoms with Crippen LogP contribution in [0.2, 0.25) is 0 Å². The Labute approximate surface area is 179 Å². The molecule has 1 aliphatic rings. The largest absolute Gasteiger partial charge is 0.497 e. The van der Waals surface area contributed by atoms with Gasteiger partial charge in [0.15, 0.2) is 0 Å². The molecule has 2 aromatic carbocycles. The summed E-state index contributed by atoms with van der Waals surface area (Å²) in [5, 5.41) is 7.00. The van der Waals surface area contributed by atoms with Gasteiger partial charge in [0, 0.05) is 36.0 Å². The van der Waals surface area contributed by atoms with E-state index < -0.39 is 0 Å². The number of rotatable bonds is 6. The molecule has 1 fully saturated rings. The van der Waals surface area contributed by atoms with E-state index in [9.17, 15) is 4.79 Å². The minimum atomic E-state index is -0.285. The zero-order valence-electron chi connectivity index (χ0n) is 17.6. The van der Waals surface area contributed by atoms with Crippen LogP contribution < -0.4 is 19.5 Å². The van der Waals surface area contributed by atoms with Gasteiger partial charge in [0.05, 0.1) is 21.3 Å². The van der Waals surface area contributed by atoms with Crippen molar-refractivity contribution in [1.82, 2.24) is 15.0 Å². The number of carbonyl (C=O) groups excluding carboxylic acids is 1. The average Bonchev–Trinajstić information content (AvgIpc) is 3.48. The first kappa shape index (κ1) is 20.5. The molecule has 0 radical (unpaired) electrons. The van der Waals surface area contributed by atoms with Crippen molar-refractivity contribution in [3.8, 4) is 28.6 Å². The summed E-state index contributed by atoms with van der Waals surface area (Å²) in [4.78, 5) is 19.2. The second kappa shape index (κ2) is 8.95. The first-order valence-corrected chi connectivity index (χ1v) is 9.90. The van der Waals surface area contributed by atoms with Crippen LogP contribution >= 0.6 is 0 Å². The van der Waals surface area contributed by atoms with Crippen molar-refractivity contribution in [3.05, 3.63) is 48.4 Å². The predicted octanol–water partition coefficient (Wildman–Crippen LogP) is 4.13. The number of hydrogen-bond donors (Lipinski definition) is 1. The normalized spacial score (nSPS) is 15.6. The maximum atomic E-state index is 13.0. The summed E-state index contributed by atoms with van der Waals surface area (Å²) >= 11 is 0. The fourth-order valence-electron chi connectivity index (χ4n) is 3.57. The van der Waals surface area contributed by atoms with E-state index in [4.69, 9.17) is 18.7 Å². The number of methoxy groups -OCH3 is 3. The van der Waals surface area contributed by atoms with Gasteiger partial charge in [0.25, 0.3) is 0 Å². The number of nitrogens with one attached hydrogen (secondary N) is 1. The van der Waals surface area contributed by atoms with Crippen LogP contribution in [0.15, 0.2) is 47.0 Å². The lowest BCUT2D eigenvalue weighted by molar-refractivity contribution is 0.193. The van der Waals surface area contributed by atoms with E-state index in [0.29, 0.717) is 35.4 Å². The molecule has 9 heteroatoms. The highest BCUT2D eigenvalue weighted by molar-refractivity contribution is 5.90. The number of amides is 2. The summed E-state index contributed by atoms with van der Waals surface area (Å²) in [7, 11) is 4.74. The summed E-state index contributed by atoms with van der Waals surface area (Å²) < 4.78 is 21.2. The Balaban J connectivity index is 1.50. The summed E-state index contributed by atoms with van der Waals surface area (Å²) in [6.45, 7) is 0.595. The molecule has 0 aliphatic carbocycles. The monoisotopic (exact) mass is 424 g/mol. The lowest BCUT2D eigenvalue weighted by Gasteiger charge is -2.22. The Hall–Kier alpha value is -3.75. The van der Waals surface area contributed by atoms with Crippen LogP contribution in [0.3, 0.4) is 0 Å². The van der Waals surface area contributed by atoms with E-state index in [1.165, 1.54) is 0 Å². The third-order valence-corrected chi connectivity index (χ3v) is 5.19. The molecule has 0 unspecified atom stereocenters. The SMILES string of the molecule is COc1ccc(-c2noc([C@@H]3CCCN3C(=O)Nc3cc(OC)cc(OC)c3)n2)cc1. The van der Waals surface area contributed by atoms with Crippen molar-refractivity contribution in [3.63, 3.8) is 0 Å². The molecule has 2 heterocycles. The molecule has 0 saturated carbocycles. The molecular weight excluding hydrogens is 400 g/mol. The lowest BCUT2D eigenvalue weighted by Crippen LogP contribution is -2.34. The summed E-state index contributed by atoms with van der Waals surface area (Å²) in [5.41, 5.74) is 1.39. The fourth-order valence-corrected chi connectivity index (χ4v) is 3.57. The highest BCUT2D eigenvalue weighted by Crippen LogP contribution is 2.33. The van der Waals surface area contributed by atoms with Crippen LogP contribution in [-0.4, -0.2) is 48.9 Å². The molecule has 9 nitrogen and oxygen atoms in total. The van der Waals surface area contributed by atoms with Crippen LogP contribution in [0.5, 0.6) is 17.2 Å². The van der Waals surface area contributed by atoms with Crippen molar-refractivity contribution in [2.75, 3.05) is 33.2 Å². The lowest BCUT2D eigenvalue weighted by atomic mass is 10.2. The molecule has 3 aromatic rings. The molecular formula is C22H24N4O5. The maximum Gasteiger partial charge on any atom is 0.322 e. The summed E-state index contributed by atoms with van der Waals surface area (Å²) in [5.74, 6) is 2.83. The van der Waals surface area contributed by atoms with Crippen LogP contribution in [0.4, 0.5) is 10.5 Å². The number of aromatic nitrogens is 2. The Kier molecular flexibility index (Phi) is 5.92. The zero-order valence-corrected chi connectivity index (χ0v) is 17.6. The molecule has 2 amide bonds. The Morgan fingerprint density at radius 1 is 1.03 bits per heavy atom. The molecule has 1 N–H and O–H groups in total. The minimum Gasteiger partial charge on any atom is -0.497 e. The number of anilines is 1. The van der Waals surface area contributed by atoms with Crippen LogP contribution in [-0.2, 0) is 0 Å². The average molecular weight is 424 g/mol. The van der Waals surface area contributed by atoms with Crippen molar-refractivity contribution in [2.24, 2.45) is 0 Å². The number of likely N-dealkylation sites (tertiary alicyclic amines) is 1. The third kappa shape index (κ3) is 4.40. The van der Waals surface area contributed by atoms with Crippen LogP contribution in [0, 0.1) is 0 Å². The van der Waals surface area contributed by atoms with Gasteiger partial charge in [-0.1, -0.05) is 5.16 Å². The van der Waals surface area contributed by atoms with Crippen molar-refractivity contribution in [2.45, 2.75) is 18.9 Å². The Morgan fingerprint density at radius 2 is 1.71 bits per heavy atom. The summed E-state index contributed by atoms with van der Waals surface area (Å²) in [6.07, 6.45) is 1.60. The Morgan fingerprint density at radius 3 is 2.35 bits per heavy atom. The van der Waals surface area contributed by atoms with Gasteiger partial charge in [0.1, 0.15) is 23.3 Å². The number of ether oxygens (including phenoxy) is 3. The number of hydrogen-bond acceptors (Lipinski definition) is 7. The van der Waals surface area contributed by atoms with E-state index in [2.05, 4.69) is 15.5 Å². The third-order valence-electron chi connectivity index (χ3n) is 5.19. The topological polar surface area (TPSA) is 99.0 Å². The Bertz CT molecular complexity index is 1030. The maximum absolute atomic E-state index is 13.0. The van der Waals surface area contributed by atoms with Gasteiger partial charge in [0.2, 0.25) is 11.7 Å². The smallest absolute Gasteiger partial charge is 0.322 e. The van der Waals surface area contributed by atoms with Gasteiger partial charge in [-0.2, -0.15) is 4.98 Å². The van der Waals surface area contributed by atoms with Crippen LogP contribution in [0.1, 0.15) is 24.8 Å². The molecule has 1 atom stereocenters. The molecule has 162 valence electrons. The van der Waals surface area contributed by atoms with Gasteiger partial charge in [-0.15, -0.1) is 0 Å². The highest BCUT2D eigenvalue weighted by atomic mass is 16.5. The standard InChI is InChI=1S/C22H24N4O5/c1-28-16-8-6-14(7-9-16)20-24-21(31-25-20)19-5-4-10-26(19)22(27)23-15-11-17(29-2)13-18(12-15)30-3/h6-9,11-13,19H,4-5,10H2,1-3H3,(H,23,27)/t19-/m0/s1. The number of benzene rings is 2. The van der Waals surface area contributed by atoms with Crippen LogP contribution in [0.25, 0.3) is 11.4 Å². The van der Waals surface area contributed by atoms with Gasteiger partial charge in [-0.25, -0.2) is 4.79 Å². The van der Waals surface area contributed by atoms with Gasteiger partial charge >= 0.3 is 6.03 Å². The molecule has 0 bridgehead atoms. The quantitative estimate of drug-likeness (QED) is 0.635. The molecule has 31 heavy (non-hydrogen) atoms. The summed E-state index contributed by atoms with van der Waals surface area (Å²) in [6, 6.07) is 12.1. The number of nitrogens with zero attached hydrogens (tertiary/aromatic N) is 3. The number of carbonyl (C=O) groups is 1. The van der Waals surface area contributed by atoms with Crippen molar-refractivity contribution in [1.29, 1.82) is 0 Å². The fraction of sp³-hybridized carbons (Fsp3) is 0.318. The van der Waals surface area contributed by atoms with Crippen molar-refractivity contribution >= 4 is 11.7 Å². The highest BCUT2D eigenvalue weighted by Gasteiger charge is 2.34. The van der Waals surface area contributed by atoms with Gasteiger partial charge < -0.3 is 29.0 Å². The molecule has 4 rings (SSSR count). The van der Waals surface area contributed by atoms with E-state index in [0.717, 1.165) is 24.2 Å². The predicted molar refractivity (Wildman–Crippen MR) is 114 cm³/mol. The first-order valence-electron chi connectivity index (χ1n) is 9.90. The molecule has 1 aliphatic heterocycles. The first-order chi connectivity index (χ1) is 15.1. The molecule has 0 spiro atoms. The van der Waals surface area contributed by atoms with E-state index in [1.807, 2.05) is 24.3 Å². The van der Waals surface area contributed by atoms with Crippen molar-refractivity contribution < 1.29 is 23.5 Å².